The van der Waals surface area contributed by atoms with Crippen molar-refractivity contribution >= 4 is 51.9 Å². The molecule has 32 heavy (non-hydrogen) atoms. The summed E-state index contributed by atoms with van der Waals surface area (Å²) < 4.78 is 24.2. The first-order valence-electron chi connectivity index (χ1n) is 9.44. The summed E-state index contributed by atoms with van der Waals surface area (Å²) in [4.78, 5) is 27.1. The van der Waals surface area contributed by atoms with Crippen molar-refractivity contribution in [3.05, 3.63) is 94.6 Å². The van der Waals surface area contributed by atoms with E-state index in [1.165, 1.54) is 36.3 Å². The van der Waals surface area contributed by atoms with Gasteiger partial charge in [0, 0.05) is 0 Å². The summed E-state index contributed by atoms with van der Waals surface area (Å²) >= 11 is 6.49. The highest BCUT2D eigenvalue weighted by Gasteiger charge is 2.33. The molecule has 5 nitrogen and oxygen atoms in total. The molecule has 0 bridgehead atoms. The minimum atomic E-state index is -0.524. The van der Waals surface area contributed by atoms with E-state index in [-0.39, 0.29) is 5.91 Å². The fraction of sp³-hybridized carbons (Fsp3) is 0.0417. The molecule has 0 N–H and O–H groups in total. The highest BCUT2D eigenvalue weighted by atomic mass is 32.2. The monoisotopic (exact) mass is 465 g/mol. The standard InChI is InChI=1S/C24H16FNO4S2/c1-29-19-6-3-5-16(14-19)23(28)30-20-7-2-4-15(12-20)13-21-22(27)26(24(31)32-21)18-10-8-17(25)9-11-18/h2-14H,1H3. The number of carbonyl (C=O) groups excluding carboxylic acids is 2. The SMILES string of the molecule is COc1cccc(C(=O)Oc2cccc(C=C3SC(=S)N(c4ccc(F)cc4)C3=O)c2)c1. The number of amides is 1. The Bertz CT molecular complexity index is 1240. The summed E-state index contributed by atoms with van der Waals surface area (Å²) in [5, 5.41) is 0. The van der Waals surface area contributed by atoms with Crippen molar-refractivity contribution in [2.75, 3.05) is 12.0 Å². The van der Waals surface area contributed by atoms with E-state index in [1.54, 1.807) is 54.6 Å². The molecular weight excluding hydrogens is 449 g/mol. The summed E-state index contributed by atoms with van der Waals surface area (Å²) in [7, 11) is 1.52. The average molecular weight is 466 g/mol. The molecule has 0 atom stereocenters. The molecular formula is C24H16FNO4S2. The third-order valence-electron chi connectivity index (χ3n) is 4.55. The average Bonchev–Trinajstić information content (AvgIpc) is 3.07. The van der Waals surface area contributed by atoms with Crippen molar-refractivity contribution in [2.24, 2.45) is 0 Å². The van der Waals surface area contributed by atoms with E-state index < -0.39 is 11.8 Å². The van der Waals surface area contributed by atoms with Gasteiger partial charge in [0.2, 0.25) is 0 Å². The Kier molecular flexibility index (Phi) is 6.34. The number of ether oxygens (including phenoxy) is 2. The summed E-state index contributed by atoms with van der Waals surface area (Å²) in [5.74, 6) is -0.332. The molecule has 0 unspecified atom stereocenters. The lowest BCUT2D eigenvalue weighted by atomic mass is 10.2. The second-order valence-electron chi connectivity index (χ2n) is 6.69. The number of thioether (sulfide) groups is 1. The highest BCUT2D eigenvalue weighted by molar-refractivity contribution is 8.27. The Morgan fingerprint density at radius 3 is 2.50 bits per heavy atom. The molecule has 1 amide bonds. The fourth-order valence-electron chi connectivity index (χ4n) is 3.02. The third kappa shape index (κ3) is 4.71. The number of hydrogen-bond acceptors (Lipinski definition) is 6. The van der Waals surface area contributed by atoms with Crippen molar-refractivity contribution in [3.63, 3.8) is 0 Å². The minimum absolute atomic E-state index is 0.301. The van der Waals surface area contributed by atoms with Gasteiger partial charge in [-0.1, -0.05) is 42.2 Å². The summed E-state index contributed by atoms with van der Waals surface area (Å²) in [5.41, 5.74) is 1.52. The normalized spacial score (nSPS) is 14.7. The van der Waals surface area contributed by atoms with E-state index in [9.17, 15) is 14.0 Å². The Labute approximate surface area is 193 Å². The molecule has 0 radical (unpaired) electrons. The van der Waals surface area contributed by atoms with Crippen molar-refractivity contribution < 1.29 is 23.5 Å². The number of hydrogen-bond donors (Lipinski definition) is 0. The van der Waals surface area contributed by atoms with Gasteiger partial charge in [0.15, 0.2) is 4.32 Å². The van der Waals surface area contributed by atoms with Gasteiger partial charge in [0.05, 0.1) is 23.3 Å². The molecule has 0 aliphatic carbocycles. The molecule has 1 aliphatic rings. The van der Waals surface area contributed by atoms with Crippen LogP contribution in [0.4, 0.5) is 10.1 Å². The van der Waals surface area contributed by atoms with Crippen LogP contribution in [0.1, 0.15) is 15.9 Å². The number of rotatable bonds is 5. The molecule has 1 heterocycles. The maximum Gasteiger partial charge on any atom is 0.343 e. The van der Waals surface area contributed by atoms with Crippen LogP contribution in [0.2, 0.25) is 0 Å². The van der Waals surface area contributed by atoms with Gasteiger partial charge >= 0.3 is 5.97 Å². The minimum Gasteiger partial charge on any atom is -0.497 e. The molecule has 1 fully saturated rings. The van der Waals surface area contributed by atoms with Crippen LogP contribution in [0.3, 0.4) is 0 Å². The van der Waals surface area contributed by atoms with Crippen molar-refractivity contribution in [3.8, 4) is 11.5 Å². The van der Waals surface area contributed by atoms with Gasteiger partial charge in [-0.25, -0.2) is 9.18 Å². The van der Waals surface area contributed by atoms with E-state index in [0.29, 0.717) is 37.5 Å². The van der Waals surface area contributed by atoms with Gasteiger partial charge in [0.1, 0.15) is 17.3 Å². The molecule has 8 heteroatoms. The zero-order chi connectivity index (χ0) is 22.7. The van der Waals surface area contributed by atoms with Crippen LogP contribution in [0.5, 0.6) is 11.5 Å². The number of carbonyl (C=O) groups is 2. The first kappa shape index (κ1) is 21.7. The molecule has 4 rings (SSSR count). The van der Waals surface area contributed by atoms with E-state index >= 15 is 0 Å². The van der Waals surface area contributed by atoms with Crippen LogP contribution in [-0.2, 0) is 4.79 Å². The smallest absolute Gasteiger partial charge is 0.343 e. The zero-order valence-electron chi connectivity index (χ0n) is 16.8. The first-order chi connectivity index (χ1) is 15.4. The number of halogens is 1. The van der Waals surface area contributed by atoms with Gasteiger partial charge in [-0.3, -0.25) is 9.69 Å². The van der Waals surface area contributed by atoms with E-state index in [4.69, 9.17) is 21.7 Å². The molecule has 0 aromatic heterocycles. The predicted molar refractivity (Wildman–Crippen MR) is 126 cm³/mol. The Morgan fingerprint density at radius 2 is 1.75 bits per heavy atom. The Morgan fingerprint density at radius 1 is 1.03 bits per heavy atom. The molecule has 0 spiro atoms. The van der Waals surface area contributed by atoms with Gasteiger partial charge in [-0.05, 0) is 66.2 Å². The maximum atomic E-state index is 13.2. The fourth-order valence-corrected chi connectivity index (χ4v) is 4.31. The molecule has 160 valence electrons. The van der Waals surface area contributed by atoms with Crippen molar-refractivity contribution in [2.45, 2.75) is 0 Å². The van der Waals surface area contributed by atoms with Gasteiger partial charge < -0.3 is 9.47 Å². The number of nitrogens with zero attached hydrogens (tertiary/aromatic N) is 1. The number of benzene rings is 3. The van der Waals surface area contributed by atoms with Crippen LogP contribution in [0.15, 0.2) is 77.7 Å². The number of esters is 1. The molecule has 3 aromatic rings. The van der Waals surface area contributed by atoms with E-state index in [1.807, 2.05) is 0 Å². The number of methoxy groups -OCH3 is 1. The number of anilines is 1. The van der Waals surface area contributed by atoms with Crippen molar-refractivity contribution in [1.29, 1.82) is 0 Å². The quantitative estimate of drug-likeness (QED) is 0.216. The first-order valence-corrected chi connectivity index (χ1v) is 10.7. The lowest BCUT2D eigenvalue weighted by Gasteiger charge is -2.14. The van der Waals surface area contributed by atoms with Gasteiger partial charge in [-0.15, -0.1) is 0 Å². The largest absolute Gasteiger partial charge is 0.497 e. The molecule has 0 saturated carbocycles. The zero-order valence-corrected chi connectivity index (χ0v) is 18.4. The van der Waals surface area contributed by atoms with Gasteiger partial charge in [-0.2, -0.15) is 0 Å². The molecule has 1 aliphatic heterocycles. The Balaban J connectivity index is 1.53. The molecule has 3 aromatic carbocycles. The topological polar surface area (TPSA) is 55.8 Å². The van der Waals surface area contributed by atoms with Crippen LogP contribution in [-0.4, -0.2) is 23.3 Å². The molecule has 1 saturated heterocycles. The van der Waals surface area contributed by atoms with Crippen LogP contribution < -0.4 is 14.4 Å². The summed E-state index contributed by atoms with van der Waals surface area (Å²) in [6.45, 7) is 0. The number of thiocarbonyl (C=S) groups is 1. The van der Waals surface area contributed by atoms with Crippen molar-refractivity contribution in [1.82, 2.24) is 0 Å². The third-order valence-corrected chi connectivity index (χ3v) is 5.85. The second kappa shape index (κ2) is 9.33. The summed E-state index contributed by atoms with van der Waals surface area (Å²) in [6.07, 6.45) is 1.67. The predicted octanol–water partition coefficient (Wildman–Crippen LogP) is 5.46. The van der Waals surface area contributed by atoms with E-state index in [0.717, 1.165) is 11.8 Å². The Hall–Kier alpha value is -3.49. The summed E-state index contributed by atoms with van der Waals surface area (Å²) in [6, 6.07) is 19.0. The van der Waals surface area contributed by atoms with E-state index in [2.05, 4.69) is 0 Å². The van der Waals surface area contributed by atoms with Gasteiger partial charge in [0.25, 0.3) is 5.91 Å². The lowest BCUT2D eigenvalue weighted by Crippen LogP contribution is -2.27. The maximum absolute atomic E-state index is 13.2. The highest BCUT2D eigenvalue weighted by Crippen LogP contribution is 2.36. The van der Waals surface area contributed by atoms with Crippen LogP contribution >= 0.6 is 24.0 Å². The van der Waals surface area contributed by atoms with Crippen LogP contribution in [0.25, 0.3) is 6.08 Å². The lowest BCUT2D eigenvalue weighted by molar-refractivity contribution is -0.113. The second-order valence-corrected chi connectivity index (χ2v) is 8.36. The van der Waals surface area contributed by atoms with Crippen LogP contribution in [0, 0.1) is 5.82 Å².